The lowest BCUT2D eigenvalue weighted by Crippen LogP contribution is -2.34. The summed E-state index contributed by atoms with van der Waals surface area (Å²) in [6.07, 6.45) is 5.47. The quantitative estimate of drug-likeness (QED) is 0.185. The van der Waals surface area contributed by atoms with Gasteiger partial charge >= 0.3 is 5.97 Å². The first-order chi connectivity index (χ1) is 13.8. The first kappa shape index (κ1) is 25.0. The van der Waals surface area contributed by atoms with Crippen molar-refractivity contribution in [3.05, 3.63) is 12.2 Å². The van der Waals surface area contributed by atoms with E-state index in [-0.39, 0.29) is 33.8 Å². The minimum absolute atomic E-state index is 0.0423. The van der Waals surface area contributed by atoms with E-state index in [2.05, 4.69) is 34.3 Å². The Morgan fingerprint density at radius 2 is 2.10 bits per heavy atom. The van der Waals surface area contributed by atoms with Crippen molar-refractivity contribution in [2.45, 2.75) is 93.3 Å². The van der Waals surface area contributed by atoms with Crippen LogP contribution in [0.15, 0.2) is 12.2 Å². The SMILES string of the molecule is CCCCC(C)[C@@H](O)C=C[C@@H]1[C@H]2[C@H](F)[C@H](C(I)CCCC(=O)OC)O[C@@H]2C[C@H]1O. The number of unbranched alkanes of at least 4 members (excludes halogenated alkanes) is 1. The van der Waals surface area contributed by atoms with E-state index in [4.69, 9.17) is 4.74 Å². The van der Waals surface area contributed by atoms with Crippen LogP contribution >= 0.6 is 22.6 Å². The Balaban J connectivity index is 1.93. The van der Waals surface area contributed by atoms with Crippen LogP contribution < -0.4 is 0 Å². The number of hydrogen-bond donors (Lipinski definition) is 2. The largest absolute Gasteiger partial charge is 0.469 e. The Morgan fingerprint density at radius 1 is 1.38 bits per heavy atom. The predicted octanol–water partition coefficient (Wildman–Crippen LogP) is 3.98. The highest BCUT2D eigenvalue weighted by atomic mass is 127. The van der Waals surface area contributed by atoms with Gasteiger partial charge < -0.3 is 19.7 Å². The summed E-state index contributed by atoms with van der Waals surface area (Å²) in [5.41, 5.74) is 0. The molecule has 1 aliphatic carbocycles. The highest BCUT2D eigenvalue weighted by molar-refractivity contribution is 14.1. The summed E-state index contributed by atoms with van der Waals surface area (Å²) in [5, 5.41) is 20.8. The van der Waals surface area contributed by atoms with Gasteiger partial charge in [0.05, 0.1) is 25.4 Å². The summed E-state index contributed by atoms with van der Waals surface area (Å²) < 4.78 is 25.9. The van der Waals surface area contributed by atoms with Gasteiger partial charge in [-0.3, -0.25) is 4.79 Å². The average molecular weight is 526 g/mol. The molecule has 2 aliphatic rings. The maximum Gasteiger partial charge on any atom is 0.305 e. The molecular formula is C22H36FIO5. The van der Waals surface area contributed by atoms with Crippen molar-refractivity contribution in [3.63, 3.8) is 0 Å². The van der Waals surface area contributed by atoms with Crippen LogP contribution in [-0.4, -0.2) is 57.8 Å². The fourth-order valence-electron chi connectivity index (χ4n) is 4.49. The summed E-state index contributed by atoms with van der Waals surface area (Å²) in [7, 11) is 1.36. The second-order valence-corrected chi connectivity index (χ2v) is 10.1. The molecule has 2 N–H and O–H groups in total. The molecule has 5 nitrogen and oxygen atoms in total. The Kier molecular flexibility index (Phi) is 10.3. The van der Waals surface area contributed by atoms with Crippen LogP contribution in [0, 0.1) is 17.8 Å². The van der Waals surface area contributed by atoms with E-state index < -0.39 is 24.5 Å². The maximum atomic E-state index is 15.3. The maximum absolute atomic E-state index is 15.3. The van der Waals surface area contributed by atoms with Gasteiger partial charge in [0.25, 0.3) is 0 Å². The molecule has 0 aromatic carbocycles. The standard InChI is InChI=1S/C22H36FIO5/c1-4-5-7-13(2)16(25)11-10-14-17(26)12-18-20(14)21(23)22(29-18)15(24)8-6-9-19(27)28-3/h10-11,13-18,20-22,25-26H,4-9,12H2,1-3H3/t13?,14-,15?,16-,17+,18+,20+,21-,22-/m0/s1. The zero-order valence-electron chi connectivity index (χ0n) is 17.7. The molecule has 2 fully saturated rings. The van der Waals surface area contributed by atoms with Gasteiger partial charge in [0.2, 0.25) is 0 Å². The first-order valence-electron chi connectivity index (χ1n) is 10.8. The van der Waals surface area contributed by atoms with Crippen LogP contribution in [-0.2, 0) is 14.3 Å². The highest BCUT2D eigenvalue weighted by Gasteiger charge is 2.55. The van der Waals surface area contributed by atoms with Crippen molar-refractivity contribution in [2.24, 2.45) is 17.8 Å². The monoisotopic (exact) mass is 526 g/mol. The third-order valence-corrected chi connectivity index (χ3v) is 7.71. The second-order valence-electron chi connectivity index (χ2n) is 8.52. The van der Waals surface area contributed by atoms with Gasteiger partial charge in [-0.25, -0.2) is 4.39 Å². The number of aliphatic hydroxyl groups excluding tert-OH is 2. The number of methoxy groups -OCH3 is 1. The third-order valence-electron chi connectivity index (χ3n) is 6.38. The van der Waals surface area contributed by atoms with E-state index in [0.717, 1.165) is 19.3 Å². The molecule has 2 rings (SSSR count). The van der Waals surface area contributed by atoms with E-state index in [1.807, 2.05) is 6.92 Å². The lowest BCUT2D eigenvalue weighted by molar-refractivity contribution is -0.140. The van der Waals surface area contributed by atoms with Gasteiger partial charge in [0.1, 0.15) is 12.3 Å². The van der Waals surface area contributed by atoms with E-state index in [1.165, 1.54) is 7.11 Å². The molecular weight excluding hydrogens is 490 g/mol. The Hall–Kier alpha value is -0.250. The number of ether oxygens (including phenoxy) is 2. The number of carbonyl (C=O) groups is 1. The van der Waals surface area contributed by atoms with Crippen LogP contribution in [0.4, 0.5) is 4.39 Å². The molecule has 1 heterocycles. The molecule has 168 valence electrons. The van der Waals surface area contributed by atoms with Crippen molar-refractivity contribution in [3.8, 4) is 0 Å². The molecule has 7 heteroatoms. The summed E-state index contributed by atoms with van der Waals surface area (Å²) in [6, 6.07) is 0. The predicted molar refractivity (Wildman–Crippen MR) is 119 cm³/mol. The van der Waals surface area contributed by atoms with Gasteiger partial charge in [0.15, 0.2) is 0 Å². The number of rotatable bonds is 11. The van der Waals surface area contributed by atoms with Crippen molar-refractivity contribution in [1.82, 2.24) is 0 Å². The van der Waals surface area contributed by atoms with Crippen molar-refractivity contribution >= 4 is 28.6 Å². The number of fused-ring (bicyclic) bond motifs is 1. The fourth-order valence-corrected chi connectivity index (χ4v) is 5.50. The molecule has 0 bridgehead atoms. The minimum atomic E-state index is -1.17. The van der Waals surface area contributed by atoms with E-state index in [1.54, 1.807) is 12.2 Å². The summed E-state index contributed by atoms with van der Waals surface area (Å²) >= 11 is 2.21. The molecule has 0 aromatic rings. The van der Waals surface area contributed by atoms with Gasteiger partial charge in [0, 0.05) is 28.6 Å². The van der Waals surface area contributed by atoms with Crippen LogP contribution in [0.1, 0.15) is 58.8 Å². The lowest BCUT2D eigenvalue weighted by Gasteiger charge is -2.24. The number of carbonyl (C=O) groups excluding carboxylic acids is 1. The summed E-state index contributed by atoms with van der Waals surface area (Å²) in [5.74, 6) is -0.841. The molecule has 1 saturated heterocycles. The average Bonchev–Trinajstić information content (AvgIpc) is 3.18. The van der Waals surface area contributed by atoms with Gasteiger partial charge in [-0.15, -0.1) is 0 Å². The van der Waals surface area contributed by atoms with E-state index in [9.17, 15) is 15.0 Å². The molecule has 0 spiro atoms. The smallest absolute Gasteiger partial charge is 0.305 e. The normalized spacial score (nSPS) is 34.9. The summed E-state index contributed by atoms with van der Waals surface area (Å²) in [6.45, 7) is 4.14. The minimum Gasteiger partial charge on any atom is -0.469 e. The third kappa shape index (κ3) is 6.61. The summed E-state index contributed by atoms with van der Waals surface area (Å²) in [4.78, 5) is 11.3. The lowest BCUT2D eigenvalue weighted by atomic mass is 9.86. The highest BCUT2D eigenvalue weighted by Crippen LogP contribution is 2.47. The van der Waals surface area contributed by atoms with Gasteiger partial charge in [-0.1, -0.05) is 61.4 Å². The van der Waals surface area contributed by atoms with Crippen molar-refractivity contribution in [2.75, 3.05) is 7.11 Å². The molecule has 0 aromatic heterocycles. The molecule has 1 saturated carbocycles. The Bertz CT molecular complexity index is 545. The zero-order chi connectivity index (χ0) is 21.6. The number of halogens is 2. The van der Waals surface area contributed by atoms with Crippen LogP contribution in [0.5, 0.6) is 0 Å². The first-order valence-corrected chi connectivity index (χ1v) is 12.1. The molecule has 0 radical (unpaired) electrons. The second kappa shape index (κ2) is 12.0. The fraction of sp³-hybridized carbons (Fsp3) is 0.864. The molecule has 29 heavy (non-hydrogen) atoms. The molecule has 0 amide bonds. The van der Waals surface area contributed by atoms with Crippen molar-refractivity contribution in [1.29, 1.82) is 0 Å². The number of esters is 1. The Morgan fingerprint density at radius 3 is 2.76 bits per heavy atom. The molecule has 2 unspecified atom stereocenters. The van der Waals surface area contributed by atoms with E-state index in [0.29, 0.717) is 25.7 Å². The van der Waals surface area contributed by atoms with Crippen LogP contribution in [0.2, 0.25) is 0 Å². The molecule has 9 atom stereocenters. The van der Waals surface area contributed by atoms with E-state index >= 15 is 4.39 Å². The van der Waals surface area contributed by atoms with Gasteiger partial charge in [-0.05, 0) is 25.2 Å². The number of alkyl halides is 2. The zero-order valence-corrected chi connectivity index (χ0v) is 19.8. The molecule has 1 aliphatic heterocycles. The number of aliphatic hydroxyl groups is 2. The number of hydrogen-bond acceptors (Lipinski definition) is 5. The van der Waals surface area contributed by atoms with Crippen LogP contribution in [0.3, 0.4) is 0 Å². The topological polar surface area (TPSA) is 76.0 Å². The van der Waals surface area contributed by atoms with Crippen molar-refractivity contribution < 1.29 is 28.9 Å². The van der Waals surface area contributed by atoms with Gasteiger partial charge in [-0.2, -0.15) is 0 Å². The Labute approximate surface area is 187 Å². The van der Waals surface area contributed by atoms with Crippen LogP contribution in [0.25, 0.3) is 0 Å².